The van der Waals surface area contributed by atoms with Crippen LogP contribution in [0.4, 0.5) is 4.79 Å². The van der Waals surface area contributed by atoms with Crippen LogP contribution in [0, 0.1) is 0 Å². The Hall–Kier alpha value is -2.55. The fraction of sp³-hybridized carbons (Fsp3) is 0.250. The maximum atomic E-state index is 12.4. The maximum Gasteiger partial charge on any atom is 0.410 e. The average Bonchev–Trinajstić information content (AvgIpc) is 2.93. The summed E-state index contributed by atoms with van der Waals surface area (Å²) in [6.07, 6.45) is 3.35. The summed E-state index contributed by atoms with van der Waals surface area (Å²) in [7, 11) is 1.44. The Balaban J connectivity index is 2.04. The second-order valence-corrected chi connectivity index (χ2v) is 5.67. The van der Waals surface area contributed by atoms with Gasteiger partial charge < -0.3 is 4.74 Å². The molecule has 1 aliphatic rings. The van der Waals surface area contributed by atoms with E-state index in [-0.39, 0.29) is 12.1 Å². The minimum absolute atomic E-state index is 0.0836. The minimum atomic E-state index is -0.287. The Morgan fingerprint density at radius 1 is 1.13 bits per heavy atom. The lowest BCUT2D eigenvalue weighted by Crippen LogP contribution is -2.35. The number of benzene rings is 2. The zero-order valence-electron chi connectivity index (χ0n) is 13.4. The van der Waals surface area contributed by atoms with Gasteiger partial charge in [0.05, 0.1) is 13.2 Å². The molecule has 118 valence electrons. The van der Waals surface area contributed by atoms with Gasteiger partial charge in [-0.3, -0.25) is 4.90 Å². The van der Waals surface area contributed by atoms with Crippen LogP contribution >= 0.6 is 0 Å². The molecule has 0 bridgehead atoms. The summed E-state index contributed by atoms with van der Waals surface area (Å²) in [5.41, 5.74) is 4.73. The second kappa shape index (κ2) is 6.69. The number of hydrogen-bond donors (Lipinski definition) is 0. The summed E-state index contributed by atoms with van der Waals surface area (Å²) < 4.78 is 5.05. The lowest BCUT2D eigenvalue weighted by atomic mass is 10.0. The van der Waals surface area contributed by atoms with Crippen molar-refractivity contribution in [2.75, 3.05) is 13.7 Å². The second-order valence-electron chi connectivity index (χ2n) is 5.67. The highest BCUT2D eigenvalue weighted by Gasteiger charge is 2.35. The number of rotatable bonds is 5. The van der Waals surface area contributed by atoms with Gasteiger partial charge in [-0.15, -0.1) is 6.58 Å². The van der Waals surface area contributed by atoms with Crippen LogP contribution in [0.25, 0.3) is 11.1 Å². The smallest absolute Gasteiger partial charge is 0.410 e. The van der Waals surface area contributed by atoms with Gasteiger partial charge in [-0.25, -0.2) is 4.79 Å². The third kappa shape index (κ3) is 2.74. The summed E-state index contributed by atoms with van der Waals surface area (Å²) in [5.74, 6) is 0. The van der Waals surface area contributed by atoms with Crippen LogP contribution in [0.3, 0.4) is 0 Å². The summed E-state index contributed by atoms with van der Waals surface area (Å²) in [5, 5.41) is 0. The molecular weight excluding hydrogens is 286 g/mol. The Labute approximate surface area is 137 Å². The van der Waals surface area contributed by atoms with Crippen molar-refractivity contribution in [3.63, 3.8) is 0 Å². The van der Waals surface area contributed by atoms with Crippen molar-refractivity contribution in [3.8, 4) is 11.1 Å². The molecule has 1 aliphatic carbocycles. The van der Waals surface area contributed by atoms with Gasteiger partial charge in [-0.05, 0) is 35.1 Å². The molecule has 2 aromatic rings. The van der Waals surface area contributed by atoms with Crippen molar-refractivity contribution < 1.29 is 9.53 Å². The quantitative estimate of drug-likeness (QED) is 0.587. The summed E-state index contributed by atoms with van der Waals surface area (Å²) >= 11 is 0. The molecule has 3 nitrogen and oxygen atoms in total. The van der Waals surface area contributed by atoms with Crippen molar-refractivity contribution in [1.29, 1.82) is 0 Å². The lowest BCUT2D eigenvalue weighted by Gasteiger charge is -2.29. The molecule has 0 aromatic heterocycles. The molecule has 0 heterocycles. The number of unbranched alkanes of at least 4 members (excludes halogenated alkanes) is 1. The highest BCUT2D eigenvalue weighted by molar-refractivity contribution is 5.81. The number of fused-ring (bicyclic) bond motifs is 3. The highest BCUT2D eigenvalue weighted by Crippen LogP contribution is 2.46. The molecule has 0 aliphatic heterocycles. The third-order valence-electron chi connectivity index (χ3n) is 4.33. The van der Waals surface area contributed by atoms with Crippen molar-refractivity contribution in [2.45, 2.75) is 18.9 Å². The number of ether oxygens (including phenoxy) is 1. The van der Waals surface area contributed by atoms with E-state index in [1.807, 2.05) is 35.2 Å². The molecule has 2 aromatic carbocycles. The molecule has 3 rings (SSSR count). The number of amides is 1. The van der Waals surface area contributed by atoms with Crippen LogP contribution in [0.2, 0.25) is 0 Å². The van der Waals surface area contributed by atoms with E-state index in [4.69, 9.17) is 4.74 Å². The van der Waals surface area contributed by atoms with Gasteiger partial charge in [-0.1, -0.05) is 54.6 Å². The molecule has 0 unspecified atom stereocenters. The van der Waals surface area contributed by atoms with Crippen molar-refractivity contribution in [2.24, 2.45) is 0 Å². The van der Waals surface area contributed by atoms with Gasteiger partial charge in [0.1, 0.15) is 0 Å². The molecule has 0 saturated carbocycles. The first-order valence-electron chi connectivity index (χ1n) is 7.91. The van der Waals surface area contributed by atoms with Crippen molar-refractivity contribution in [1.82, 2.24) is 4.90 Å². The van der Waals surface area contributed by atoms with Crippen LogP contribution in [0.1, 0.15) is 30.0 Å². The monoisotopic (exact) mass is 307 g/mol. The number of nitrogens with zero attached hydrogens (tertiary/aromatic N) is 1. The van der Waals surface area contributed by atoms with Gasteiger partial charge in [0.2, 0.25) is 0 Å². The molecule has 1 amide bonds. The molecule has 0 atom stereocenters. The predicted molar refractivity (Wildman–Crippen MR) is 92.3 cm³/mol. The SMILES string of the molecule is C=CCCCN(C(=O)OC)C1c2ccccc2-c2ccccc21. The van der Waals surface area contributed by atoms with Gasteiger partial charge in [0, 0.05) is 6.54 Å². The summed E-state index contributed by atoms with van der Waals surface area (Å²) in [6, 6.07) is 16.5. The summed E-state index contributed by atoms with van der Waals surface area (Å²) in [6.45, 7) is 4.40. The van der Waals surface area contributed by atoms with Gasteiger partial charge >= 0.3 is 6.09 Å². The van der Waals surface area contributed by atoms with Crippen LogP contribution in [0.15, 0.2) is 61.2 Å². The van der Waals surface area contributed by atoms with E-state index >= 15 is 0 Å². The van der Waals surface area contributed by atoms with Gasteiger partial charge in [-0.2, -0.15) is 0 Å². The van der Waals surface area contributed by atoms with E-state index in [0.717, 1.165) is 24.0 Å². The molecule has 0 fully saturated rings. The number of carbonyl (C=O) groups excluding carboxylic acids is 1. The topological polar surface area (TPSA) is 29.5 Å². The van der Waals surface area contributed by atoms with Gasteiger partial charge in [0.25, 0.3) is 0 Å². The molecule has 0 N–H and O–H groups in total. The van der Waals surface area contributed by atoms with Gasteiger partial charge in [0.15, 0.2) is 0 Å². The zero-order valence-corrected chi connectivity index (χ0v) is 13.4. The van der Waals surface area contributed by atoms with Crippen LogP contribution < -0.4 is 0 Å². The Morgan fingerprint density at radius 3 is 2.22 bits per heavy atom. The Bertz CT molecular complexity index is 678. The lowest BCUT2D eigenvalue weighted by molar-refractivity contribution is 0.112. The maximum absolute atomic E-state index is 12.4. The first kappa shape index (κ1) is 15.3. The Morgan fingerprint density at radius 2 is 1.70 bits per heavy atom. The van der Waals surface area contributed by atoms with Crippen LogP contribution in [-0.4, -0.2) is 24.6 Å². The largest absolute Gasteiger partial charge is 0.453 e. The summed E-state index contributed by atoms with van der Waals surface area (Å²) in [4.78, 5) is 14.2. The normalized spacial score (nSPS) is 12.4. The Kier molecular flexibility index (Phi) is 4.47. The van der Waals surface area contributed by atoms with Crippen LogP contribution in [0.5, 0.6) is 0 Å². The number of hydrogen-bond acceptors (Lipinski definition) is 2. The van der Waals surface area contributed by atoms with E-state index in [1.54, 1.807) is 0 Å². The molecule has 0 saturated heterocycles. The van der Waals surface area contributed by atoms with E-state index in [2.05, 4.69) is 30.8 Å². The number of carbonyl (C=O) groups is 1. The highest BCUT2D eigenvalue weighted by atomic mass is 16.5. The average molecular weight is 307 g/mol. The third-order valence-corrected chi connectivity index (χ3v) is 4.33. The standard InChI is InChI=1S/C20H21NO2/c1-3-4-9-14-21(20(22)23-2)19-17-12-7-5-10-15(17)16-11-6-8-13-18(16)19/h3,5-8,10-13,19H,1,4,9,14H2,2H3. The fourth-order valence-electron chi connectivity index (χ4n) is 3.31. The molecule has 0 spiro atoms. The first-order chi connectivity index (χ1) is 11.3. The van der Waals surface area contributed by atoms with Crippen molar-refractivity contribution in [3.05, 3.63) is 72.3 Å². The molecule has 3 heteroatoms. The molecular formula is C20H21NO2. The van der Waals surface area contributed by atoms with Crippen molar-refractivity contribution >= 4 is 6.09 Å². The number of methoxy groups -OCH3 is 1. The van der Waals surface area contributed by atoms with E-state index in [1.165, 1.54) is 18.2 Å². The molecule has 0 radical (unpaired) electrons. The zero-order chi connectivity index (χ0) is 16.2. The van der Waals surface area contributed by atoms with Crippen LogP contribution in [-0.2, 0) is 4.74 Å². The first-order valence-corrected chi connectivity index (χ1v) is 7.91. The number of allylic oxidation sites excluding steroid dienone is 1. The van der Waals surface area contributed by atoms with E-state index in [9.17, 15) is 4.79 Å². The fourth-order valence-corrected chi connectivity index (χ4v) is 3.31. The van der Waals surface area contributed by atoms with E-state index in [0.29, 0.717) is 6.54 Å². The van der Waals surface area contributed by atoms with E-state index < -0.39 is 0 Å². The predicted octanol–water partition coefficient (Wildman–Crippen LogP) is 4.79. The minimum Gasteiger partial charge on any atom is -0.453 e. The molecule has 23 heavy (non-hydrogen) atoms.